The van der Waals surface area contributed by atoms with E-state index in [-0.39, 0.29) is 0 Å². The van der Waals surface area contributed by atoms with E-state index in [1.807, 2.05) is 31.3 Å². The van der Waals surface area contributed by atoms with Crippen molar-refractivity contribution >= 4 is 6.29 Å². The minimum atomic E-state index is 0.686. The third-order valence-electron chi connectivity index (χ3n) is 2.69. The summed E-state index contributed by atoms with van der Waals surface area (Å²) in [5.41, 5.74) is 2.84. The molecule has 0 atom stereocenters. The molecule has 0 saturated heterocycles. The fraction of sp³-hybridized carbons (Fsp3) is 0.231. The molecule has 0 amide bonds. The molecule has 1 heterocycles. The van der Waals surface area contributed by atoms with E-state index in [1.54, 1.807) is 6.20 Å². The van der Waals surface area contributed by atoms with Crippen LogP contribution < -0.4 is 0 Å². The van der Waals surface area contributed by atoms with Crippen LogP contribution in [0.4, 0.5) is 0 Å². The van der Waals surface area contributed by atoms with Gasteiger partial charge in [-0.05, 0) is 25.5 Å². The molecule has 0 aliphatic carbocycles. The second kappa shape index (κ2) is 4.31. The van der Waals surface area contributed by atoms with Crippen molar-refractivity contribution in [2.45, 2.75) is 20.4 Å². The fourth-order valence-electron chi connectivity index (χ4n) is 1.76. The Morgan fingerprint density at radius 2 is 2.25 bits per heavy atom. The fourth-order valence-corrected chi connectivity index (χ4v) is 1.76. The van der Waals surface area contributed by atoms with Crippen molar-refractivity contribution in [1.29, 1.82) is 0 Å². The first kappa shape index (κ1) is 10.6. The van der Waals surface area contributed by atoms with Crippen molar-refractivity contribution in [1.82, 2.24) is 9.55 Å². The lowest BCUT2D eigenvalue weighted by molar-refractivity contribution is 0.112. The number of carbonyl (C=O) groups excluding carboxylic acids is 1. The minimum Gasteiger partial charge on any atom is -0.331 e. The highest BCUT2D eigenvalue weighted by atomic mass is 16.1. The molecule has 82 valence electrons. The monoisotopic (exact) mass is 214 g/mol. The van der Waals surface area contributed by atoms with Gasteiger partial charge >= 0.3 is 0 Å². The summed E-state index contributed by atoms with van der Waals surface area (Å²) in [7, 11) is 0. The summed E-state index contributed by atoms with van der Waals surface area (Å²) in [6.07, 6.45) is 4.59. The van der Waals surface area contributed by atoms with Gasteiger partial charge in [-0.15, -0.1) is 0 Å². The van der Waals surface area contributed by atoms with Crippen molar-refractivity contribution < 1.29 is 4.79 Å². The van der Waals surface area contributed by atoms with Crippen LogP contribution in [0.5, 0.6) is 0 Å². The van der Waals surface area contributed by atoms with Gasteiger partial charge in [-0.2, -0.15) is 0 Å². The van der Waals surface area contributed by atoms with Gasteiger partial charge in [0.25, 0.3) is 0 Å². The molecule has 0 aliphatic rings. The molecule has 0 aliphatic heterocycles. The summed E-state index contributed by atoms with van der Waals surface area (Å²) in [5, 5.41) is 0. The first-order chi connectivity index (χ1) is 7.76. The van der Waals surface area contributed by atoms with Gasteiger partial charge in [0, 0.05) is 30.1 Å². The number of imidazole rings is 1. The van der Waals surface area contributed by atoms with E-state index < -0.39 is 0 Å². The molecule has 0 radical (unpaired) electrons. The Bertz CT molecular complexity index is 514. The lowest BCUT2D eigenvalue weighted by Gasteiger charge is -2.08. The molecule has 3 heteroatoms. The molecule has 0 fully saturated rings. The molecule has 2 aromatic rings. The highest BCUT2D eigenvalue weighted by Gasteiger charge is 2.08. The molecular weight excluding hydrogens is 200 g/mol. The van der Waals surface area contributed by atoms with Gasteiger partial charge in [0.2, 0.25) is 0 Å². The number of rotatable bonds is 3. The minimum absolute atomic E-state index is 0.686. The normalized spacial score (nSPS) is 10.4. The quantitative estimate of drug-likeness (QED) is 0.736. The molecule has 0 bridgehead atoms. The lowest BCUT2D eigenvalue weighted by atomic mass is 10.0. The van der Waals surface area contributed by atoms with E-state index >= 15 is 0 Å². The number of nitrogens with zero attached hydrogens (tertiary/aromatic N) is 2. The third kappa shape index (κ3) is 1.76. The smallest absolute Gasteiger partial charge is 0.150 e. The van der Waals surface area contributed by atoms with Crippen molar-refractivity contribution in [3.8, 4) is 11.4 Å². The van der Waals surface area contributed by atoms with E-state index in [9.17, 15) is 4.79 Å². The lowest BCUT2D eigenvalue weighted by Crippen LogP contribution is -1.98. The molecule has 1 aromatic carbocycles. The first-order valence-electron chi connectivity index (χ1n) is 5.33. The van der Waals surface area contributed by atoms with Gasteiger partial charge in [0.15, 0.2) is 0 Å². The Kier molecular flexibility index (Phi) is 2.86. The maximum Gasteiger partial charge on any atom is 0.150 e. The van der Waals surface area contributed by atoms with Crippen molar-refractivity contribution in [2.75, 3.05) is 0 Å². The number of aromatic nitrogens is 2. The topological polar surface area (TPSA) is 34.9 Å². The molecule has 0 N–H and O–H groups in total. The molecule has 3 nitrogen and oxygen atoms in total. The van der Waals surface area contributed by atoms with Crippen molar-refractivity contribution in [2.24, 2.45) is 0 Å². The Labute approximate surface area is 94.7 Å². The first-order valence-corrected chi connectivity index (χ1v) is 5.33. The zero-order chi connectivity index (χ0) is 11.5. The van der Waals surface area contributed by atoms with Crippen LogP contribution in [0.1, 0.15) is 22.8 Å². The van der Waals surface area contributed by atoms with Gasteiger partial charge in [-0.3, -0.25) is 4.79 Å². The zero-order valence-corrected chi connectivity index (χ0v) is 9.47. The summed E-state index contributed by atoms with van der Waals surface area (Å²) in [5.74, 6) is 0.920. The summed E-state index contributed by atoms with van der Waals surface area (Å²) < 4.78 is 2.07. The predicted octanol–water partition coefficient (Wildman–Crippen LogP) is 2.69. The van der Waals surface area contributed by atoms with Crippen LogP contribution in [0.25, 0.3) is 11.4 Å². The van der Waals surface area contributed by atoms with Gasteiger partial charge in [-0.1, -0.05) is 12.1 Å². The Balaban J connectivity index is 2.58. The van der Waals surface area contributed by atoms with Gasteiger partial charge in [0.1, 0.15) is 12.1 Å². The SMILES string of the molecule is CCn1ccnc1-c1cc(C=O)ccc1C. The maximum atomic E-state index is 10.8. The number of benzene rings is 1. The second-order valence-electron chi connectivity index (χ2n) is 3.73. The number of hydrogen-bond acceptors (Lipinski definition) is 2. The van der Waals surface area contributed by atoms with Crippen LogP contribution in [-0.2, 0) is 6.54 Å². The van der Waals surface area contributed by atoms with Gasteiger partial charge < -0.3 is 4.57 Å². The van der Waals surface area contributed by atoms with Crippen molar-refractivity contribution in [3.63, 3.8) is 0 Å². The molecule has 0 spiro atoms. The Morgan fingerprint density at radius 1 is 1.44 bits per heavy atom. The molecule has 16 heavy (non-hydrogen) atoms. The van der Waals surface area contributed by atoms with E-state index in [2.05, 4.69) is 16.5 Å². The van der Waals surface area contributed by atoms with Crippen LogP contribution in [0.15, 0.2) is 30.6 Å². The van der Waals surface area contributed by atoms with E-state index in [0.29, 0.717) is 5.56 Å². The van der Waals surface area contributed by atoms with E-state index in [4.69, 9.17) is 0 Å². The Morgan fingerprint density at radius 3 is 2.94 bits per heavy atom. The number of hydrogen-bond donors (Lipinski definition) is 0. The van der Waals surface area contributed by atoms with Gasteiger partial charge in [-0.25, -0.2) is 4.98 Å². The highest BCUT2D eigenvalue weighted by Crippen LogP contribution is 2.22. The zero-order valence-electron chi connectivity index (χ0n) is 9.47. The molecule has 2 rings (SSSR count). The second-order valence-corrected chi connectivity index (χ2v) is 3.73. The Hall–Kier alpha value is -1.90. The summed E-state index contributed by atoms with van der Waals surface area (Å²) in [6, 6.07) is 5.66. The summed E-state index contributed by atoms with van der Waals surface area (Å²) >= 11 is 0. The third-order valence-corrected chi connectivity index (χ3v) is 2.69. The summed E-state index contributed by atoms with van der Waals surface area (Å²) in [6.45, 7) is 4.97. The maximum absolute atomic E-state index is 10.8. The average molecular weight is 214 g/mol. The van der Waals surface area contributed by atoms with Crippen molar-refractivity contribution in [3.05, 3.63) is 41.7 Å². The van der Waals surface area contributed by atoms with Gasteiger partial charge in [0.05, 0.1) is 0 Å². The van der Waals surface area contributed by atoms with Crippen LogP contribution in [-0.4, -0.2) is 15.8 Å². The van der Waals surface area contributed by atoms with E-state index in [1.165, 1.54) is 0 Å². The van der Waals surface area contributed by atoms with Crippen LogP contribution >= 0.6 is 0 Å². The molecule has 1 aromatic heterocycles. The largest absolute Gasteiger partial charge is 0.331 e. The standard InChI is InChI=1S/C13H14N2O/c1-3-15-7-6-14-13(15)12-8-11(9-16)5-4-10(12)2/h4-9H,3H2,1-2H3. The summed E-state index contributed by atoms with van der Waals surface area (Å²) in [4.78, 5) is 15.1. The van der Waals surface area contributed by atoms with Crippen LogP contribution in [0.3, 0.4) is 0 Å². The number of aldehydes is 1. The van der Waals surface area contributed by atoms with Crippen LogP contribution in [0.2, 0.25) is 0 Å². The van der Waals surface area contributed by atoms with E-state index in [0.717, 1.165) is 29.8 Å². The molecule has 0 saturated carbocycles. The molecule has 0 unspecified atom stereocenters. The molecular formula is C13H14N2O. The average Bonchev–Trinajstić information content (AvgIpc) is 2.77. The number of aryl methyl sites for hydroxylation is 2. The van der Waals surface area contributed by atoms with Crippen LogP contribution in [0, 0.1) is 6.92 Å². The number of carbonyl (C=O) groups is 1. The highest BCUT2D eigenvalue weighted by molar-refractivity contribution is 5.78. The predicted molar refractivity (Wildman–Crippen MR) is 63.5 cm³/mol.